The summed E-state index contributed by atoms with van der Waals surface area (Å²) < 4.78 is 0. The molecule has 4 rings (SSSR count). The van der Waals surface area contributed by atoms with Crippen LogP contribution in [0.15, 0.2) is 34.9 Å². The molecular weight excluding hydrogens is 486 g/mol. The molecule has 0 aromatic heterocycles. The molecule has 0 bridgehead atoms. The fraction of sp³-hybridized carbons (Fsp3) is 0.520. The number of aliphatic carboxylic acids is 1. The van der Waals surface area contributed by atoms with Gasteiger partial charge in [-0.15, -0.1) is 11.8 Å². The van der Waals surface area contributed by atoms with Crippen molar-refractivity contribution in [2.24, 2.45) is 11.8 Å². The van der Waals surface area contributed by atoms with Crippen LogP contribution in [0.25, 0.3) is 0 Å². The van der Waals surface area contributed by atoms with E-state index in [-0.39, 0.29) is 46.3 Å². The number of carbonyl (C=O) groups is 4. The average molecular weight is 518 g/mol. The molecule has 1 aromatic rings. The first-order valence-electron chi connectivity index (χ1n) is 12.0. The van der Waals surface area contributed by atoms with E-state index >= 15 is 0 Å². The third-order valence-electron chi connectivity index (χ3n) is 7.25. The molecular formula is C25H31N3O7S. The largest absolute Gasteiger partial charge is 0.478 e. The fourth-order valence-corrected chi connectivity index (χ4v) is 7.08. The van der Waals surface area contributed by atoms with Crippen molar-refractivity contribution in [2.75, 3.05) is 11.9 Å². The molecule has 3 aliphatic rings. The smallest absolute Gasteiger partial charge is 0.353 e. The number of benzene rings is 1. The zero-order valence-electron chi connectivity index (χ0n) is 20.5. The quantitative estimate of drug-likeness (QED) is 0.380. The topological polar surface area (TPSA) is 147 Å². The maximum absolute atomic E-state index is 13.2. The highest BCUT2D eigenvalue weighted by molar-refractivity contribution is 8.03. The highest BCUT2D eigenvalue weighted by atomic mass is 32.2. The Morgan fingerprint density at radius 2 is 1.83 bits per heavy atom. The van der Waals surface area contributed by atoms with Gasteiger partial charge in [-0.25, -0.2) is 9.59 Å². The van der Waals surface area contributed by atoms with E-state index in [9.17, 15) is 34.5 Å². The van der Waals surface area contributed by atoms with Crippen molar-refractivity contribution in [2.45, 2.75) is 63.6 Å². The first-order valence-corrected chi connectivity index (χ1v) is 12.9. The van der Waals surface area contributed by atoms with Crippen molar-refractivity contribution in [3.05, 3.63) is 40.4 Å². The Hall–Kier alpha value is -2.89. The monoisotopic (exact) mass is 517 g/mol. The Bertz CT molecular complexity index is 1130. The molecule has 6 unspecified atom stereocenters. The van der Waals surface area contributed by atoms with Gasteiger partial charge in [-0.05, 0) is 45.4 Å². The minimum Gasteiger partial charge on any atom is -0.478 e. The number of likely N-dealkylation sites (tertiary alicyclic amines) is 1. The van der Waals surface area contributed by atoms with Crippen molar-refractivity contribution in [3.63, 3.8) is 0 Å². The van der Waals surface area contributed by atoms with Crippen LogP contribution in [0, 0.1) is 11.8 Å². The molecule has 0 radical (unpaired) electrons. The Morgan fingerprint density at radius 1 is 1.14 bits per heavy atom. The fourth-order valence-electron chi connectivity index (χ4n) is 5.55. The van der Waals surface area contributed by atoms with Crippen molar-refractivity contribution in [3.8, 4) is 0 Å². The second-order valence-corrected chi connectivity index (χ2v) is 11.3. The lowest BCUT2D eigenvalue weighted by Crippen LogP contribution is -2.63. The van der Waals surface area contributed by atoms with Gasteiger partial charge in [0.15, 0.2) is 0 Å². The Kier molecular flexibility index (Phi) is 7.18. The number of carboxylic acid groups (broad SMARTS) is 2. The molecule has 4 N–H and O–H groups in total. The van der Waals surface area contributed by atoms with E-state index in [2.05, 4.69) is 5.32 Å². The summed E-state index contributed by atoms with van der Waals surface area (Å²) in [5.41, 5.74) is 0.451. The molecule has 2 amide bonds. The van der Waals surface area contributed by atoms with Gasteiger partial charge in [0, 0.05) is 34.3 Å². The van der Waals surface area contributed by atoms with Gasteiger partial charge in [0.2, 0.25) is 11.8 Å². The van der Waals surface area contributed by atoms with Gasteiger partial charge in [0.05, 0.1) is 29.7 Å². The summed E-state index contributed by atoms with van der Waals surface area (Å²) >= 11 is 1.40. The molecule has 0 spiro atoms. The van der Waals surface area contributed by atoms with Gasteiger partial charge >= 0.3 is 11.9 Å². The molecule has 2 fully saturated rings. The van der Waals surface area contributed by atoms with Crippen LogP contribution in [0.4, 0.5) is 5.69 Å². The SMILES string of the molecule is CC(O)C1C(=O)N2C(C(=O)O)=C(SC3CC(C(=O)Nc4cccc(C(=O)O)c4)N(C(C)C)C3)C(C)C12. The number of nitrogens with one attached hydrogen (secondary N) is 1. The van der Waals surface area contributed by atoms with E-state index in [1.807, 2.05) is 25.7 Å². The maximum Gasteiger partial charge on any atom is 0.353 e. The van der Waals surface area contributed by atoms with Gasteiger partial charge in [0.25, 0.3) is 0 Å². The molecule has 194 valence electrons. The summed E-state index contributed by atoms with van der Waals surface area (Å²) in [6, 6.07) is 5.25. The van der Waals surface area contributed by atoms with Crippen LogP contribution in [-0.4, -0.2) is 84.9 Å². The zero-order valence-corrected chi connectivity index (χ0v) is 21.4. The minimum absolute atomic E-state index is 0.0196. The number of amides is 2. The van der Waals surface area contributed by atoms with Gasteiger partial charge in [0.1, 0.15) is 5.70 Å². The Balaban J connectivity index is 1.53. The number of hydrogen-bond donors (Lipinski definition) is 4. The maximum atomic E-state index is 13.2. The number of rotatable bonds is 8. The minimum atomic E-state index is -1.17. The van der Waals surface area contributed by atoms with Gasteiger partial charge in [-0.2, -0.15) is 0 Å². The van der Waals surface area contributed by atoms with Gasteiger partial charge < -0.3 is 25.5 Å². The highest BCUT2D eigenvalue weighted by Crippen LogP contribution is 2.52. The zero-order chi connectivity index (χ0) is 26.5. The van der Waals surface area contributed by atoms with Crippen molar-refractivity contribution >= 4 is 41.2 Å². The third kappa shape index (κ3) is 4.51. The number of aliphatic hydroxyl groups is 1. The third-order valence-corrected chi connectivity index (χ3v) is 8.74. The summed E-state index contributed by atoms with van der Waals surface area (Å²) in [6.45, 7) is 7.95. The molecule has 10 nitrogen and oxygen atoms in total. The molecule has 3 heterocycles. The van der Waals surface area contributed by atoms with Crippen molar-refractivity contribution < 1.29 is 34.5 Å². The number of hydrogen-bond acceptors (Lipinski definition) is 7. The predicted octanol–water partition coefficient (Wildman–Crippen LogP) is 2.06. The molecule has 36 heavy (non-hydrogen) atoms. The second kappa shape index (κ2) is 9.87. The number of anilines is 1. The summed E-state index contributed by atoms with van der Waals surface area (Å²) in [5, 5.41) is 31.9. The molecule has 0 aliphatic carbocycles. The average Bonchev–Trinajstić information content (AvgIpc) is 3.32. The number of β-lactam (4-membered cyclic amide) rings is 1. The summed E-state index contributed by atoms with van der Waals surface area (Å²) in [5.74, 6) is -3.74. The van der Waals surface area contributed by atoms with Gasteiger partial charge in [-0.3, -0.25) is 14.5 Å². The lowest BCUT2D eigenvalue weighted by Gasteiger charge is -2.46. The van der Waals surface area contributed by atoms with Crippen LogP contribution in [0.3, 0.4) is 0 Å². The van der Waals surface area contributed by atoms with E-state index < -0.39 is 30.0 Å². The first-order chi connectivity index (χ1) is 16.9. The Morgan fingerprint density at radius 3 is 2.42 bits per heavy atom. The molecule has 3 aliphatic heterocycles. The van der Waals surface area contributed by atoms with E-state index in [1.54, 1.807) is 19.1 Å². The van der Waals surface area contributed by atoms with E-state index in [4.69, 9.17) is 0 Å². The number of aliphatic hydroxyl groups excluding tert-OH is 1. The number of nitrogens with zero attached hydrogens (tertiary/aromatic N) is 2. The number of fused-ring (bicyclic) bond motifs is 1. The first kappa shape index (κ1) is 26.2. The van der Waals surface area contributed by atoms with Crippen LogP contribution in [0.1, 0.15) is 44.5 Å². The van der Waals surface area contributed by atoms with Crippen LogP contribution in [-0.2, 0) is 14.4 Å². The molecule has 2 saturated heterocycles. The summed E-state index contributed by atoms with van der Waals surface area (Å²) in [7, 11) is 0. The Labute approximate surface area is 213 Å². The summed E-state index contributed by atoms with van der Waals surface area (Å²) in [4.78, 5) is 53.2. The number of aromatic carboxylic acids is 1. The second-order valence-electron chi connectivity index (χ2n) is 9.93. The lowest BCUT2D eigenvalue weighted by molar-refractivity contribution is -0.163. The van der Waals surface area contributed by atoms with Crippen molar-refractivity contribution in [1.29, 1.82) is 0 Å². The van der Waals surface area contributed by atoms with E-state index in [0.29, 0.717) is 23.6 Å². The number of thioether (sulfide) groups is 1. The van der Waals surface area contributed by atoms with Crippen LogP contribution in [0.2, 0.25) is 0 Å². The highest BCUT2D eigenvalue weighted by Gasteiger charge is 2.60. The number of carboxylic acids is 2. The standard InChI is InChI=1S/C25H31N3O7S/c1-11(2)27-10-16(9-17(27)22(30)26-15-7-5-6-14(8-15)24(32)33)36-21-12(3)19-18(13(4)29)23(31)28(19)20(21)25(34)35/h5-8,11-13,16-19,29H,9-10H2,1-4H3,(H,26,30)(H,32,33)(H,34,35). The molecule has 1 aromatic carbocycles. The van der Waals surface area contributed by atoms with Crippen LogP contribution >= 0.6 is 11.8 Å². The normalized spacial score (nSPS) is 28.8. The molecule has 11 heteroatoms. The van der Waals surface area contributed by atoms with E-state index in [0.717, 1.165) is 0 Å². The summed E-state index contributed by atoms with van der Waals surface area (Å²) in [6.07, 6.45) is -0.397. The van der Waals surface area contributed by atoms with Crippen LogP contribution < -0.4 is 5.32 Å². The lowest BCUT2D eigenvalue weighted by atomic mass is 9.79. The molecule has 0 saturated carbocycles. The predicted molar refractivity (Wildman–Crippen MR) is 133 cm³/mol. The van der Waals surface area contributed by atoms with Gasteiger partial charge in [-0.1, -0.05) is 13.0 Å². The van der Waals surface area contributed by atoms with E-state index in [1.165, 1.54) is 28.8 Å². The number of carbonyl (C=O) groups excluding carboxylic acids is 2. The van der Waals surface area contributed by atoms with Crippen LogP contribution in [0.5, 0.6) is 0 Å². The van der Waals surface area contributed by atoms with Crippen molar-refractivity contribution in [1.82, 2.24) is 9.80 Å². The molecule has 6 atom stereocenters.